The van der Waals surface area contributed by atoms with Crippen molar-refractivity contribution in [3.8, 4) is 91.0 Å². The van der Waals surface area contributed by atoms with E-state index in [0.29, 0.717) is 103 Å². The molecular weight excluding hydrogens is 1830 g/mol. The molecule has 0 unspecified atom stereocenters. The van der Waals surface area contributed by atoms with Gasteiger partial charge in [-0.2, -0.15) is 20.4 Å². The van der Waals surface area contributed by atoms with Gasteiger partial charge >= 0.3 is 6.09 Å². The van der Waals surface area contributed by atoms with E-state index in [9.17, 15) is 18.3 Å². The minimum Gasteiger partial charge on any atom is -0.497 e. The van der Waals surface area contributed by atoms with E-state index in [2.05, 4.69) is 68.2 Å². The number of aromatic nitrogens is 16. The van der Waals surface area contributed by atoms with Gasteiger partial charge in [0.05, 0.1) is 205 Å². The number of sulfone groups is 1. The van der Waals surface area contributed by atoms with Crippen LogP contribution in [0.1, 0.15) is 59.3 Å². The second-order valence-corrected chi connectivity index (χ2v) is 38.3. The Hall–Kier alpha value is -15.3. The molecule has 9 heterocycles. The van der Waals surface area contributed by atoms with Gasteiger partial charge in [0, 0.05) is 231 Å². The maximum Gasteiger partial charge on any atom is 0.410 e. The molecule has 0 spiro atoms. The van der Waals surface area contributed by atoms with Crippen molar-refractivity contribution >= 4 is 106 Å². The molecule has 142 heavy (non-hydrogen) atoms. The van der Waals surface area contributed by atoms with Crippen LogP contribution in [0, 0.1) is 17.8 Å². The van der Waals surface area contributed by atoms with Crippen LogP contribution in [0.3, 0.4) is 0 Å². The molecule has 0 radical (unpaired) electrons. The largest absolute Gasteiger partial charge is 0.497 e. The first-order chi connectivity index (χ1) is 68.7. The molecule has 8 aromatic carbocycles. The molecule has 2 aliphatic carbocycles. The number of hydrogen-bond acceptors (Lipinski definition) is 31. The zero-order chi connectivity index (χ0) is 99.7. The first-order valence-electron chi connectivity index (χ1n) is 47.0. The Morgan fingerprint density at radius 1 is 0.387 bits per heavy atom. The molecule has 3 aliphatic rings. The number of rotatable bonds is 35. The third kappa shape index (κ3) is 25.6. The number of aryl methyl sites for hydroxylation is 2. The quantitative estimate of drug-likeness (QED) is 0.0332. The Kier molecular flexibility index (Phi) is 31.8. The monoisotopic (exact) mass is 1940 g/mol. The number of fused-ring (bicyclic) bond motifs is 4. The number of carbonyl (C=O) groups is 1. The van der Waals surface area contributed by atoms with Crippen molar-refractivity contribution in [3.63, 3.8) is 0 Å². The van der Waals surface area contributed by atoms with Crippen LogP contribution in [0.15, 0.2) is 220 Å². The Morgan fingerprint density at radius 2 is 0.711 bits per heavy atom. The van der Waals surface area contributed by atoms with Crippen molar-refractivity contribution < 1.29 is 66.1 Å². The summed E-state index contributed by atoms with van der Waals surface area (Å²) in [4.78, 5) is 60.8. The normalized spacial score (nSPS) is 13.1. The fraction of sp³-hybridized carbons (Fsp3) is 0.343. The van der Waals surface area contributed by atoms with E-state index in [1.54, 1.807) is 120 Å². The van der Waals surface area contributed by atoms with Crippen LogP contribution in [0.2, 0.25) is 0 Å². The van der Waals surface area contributed by atoms with Crippen LogP contribution in [0.5, 0.6) is 46.0 Å². The van der Waals surface area contributed by atoms with Crippen LogP contribution in [0.4, 0.5) is 50.3 Å². The number of benzene rings is 8. The number of nitrogens with two attached hydrogens (primary N) is 1. The zero-order valence-electron chi connectivity index (χ0n) is 82.1. The lowest BCUT2D eigenvalue weighted by Crippen LogP contribution is -2.42. The Labute approximate surface area is 824 Å². The Balaban J connectivity index is 0.000000138. The van der Waals surface area contributed by atoms with E-state index in [-0.39, 0.29) is 25.1 Å². The lowest BCUT2D eigenvalue weighted by Gasteiger charge is -2.33. The van der Waals surface area contributed by atoms with Crippen molar-refractivity contribution in [2.45, 2.75) is 84.5 Å². The van der Waals surface area contributed by atoms with Gasteiger partial charge in [0.1, 0.15) is 61.4 Å². The summed E-state index contributed by atoms with van der Waals surface area (Å²) in [5, 5.41) is 36.2. The summed E-state index contributed by atoms with van der Waals surface area (Å²) in [7, 11) is 11.9. The van der Waals surface area contributed by atoms with Crippen LogP contribution in [0.25, 0.3) is 89.2 Å². The number of carbonyl (C=O) groups excluding carboxylic acids is 1. The van der Waals surface area contributed by atoms with E-state index in [1.165, 1.54) is 31.9 Å². The number of piperidine rings is 1. The highest BCUT2D eigenvalue weighted by atomic mass is 32.2. The Bertz CT molecular complexity index is 7090. The summed E-state index contributed by atoms with van der Waals surface area (Å²) in [5.41, 5.74) is 25.8. The van der Waals surface area contributed by atoms with Crippen LogP contribution in [-0.2, 0) is 41.3 Å². The predicted molar refractivity (Wildman–Crippen MR) is 549 cm³/mol. The highest BCUT2D eigenvalue weighted by Gasteiger charge is 2.31. The van der Waals surface area contributed by atoms with Crippen molar-refractivity contribution in [2.75, 3.05) is 148 Å². The fourth-order valence-corrected chi connectivity index (χ4v) is 17.1. The van der Waals surface area contributed by atoms with Crippen molar-refractivity contribution in [1.82, 2.24) is 83.9 Å². The molecule has 2 saturated carbocycles. The predicted octanol–water partition coefficient (Wildman–Crippen LogP) is 16.6. The summed E-state index contributed by atoms with van der Waals surface area (Å²) >= 11 is 0. The van der Waals surface area contributed by atoms with Gasteiger partial charge in [-0.3, -0.25) is 38.7 Å². The number of methoxy groups -OCH3 is 8. The van der Waals surface area contributed by atoms with Gasteiger partial charge in [0.25, 0.3) is 0 Å². The van der Waals surface area contributed by atoms with Gasteiger partial charge in [-0.1, -0.05) is 0 Å². The second-order valence-electron chi connectivity index (χ2n) is 36.0. The summed E-state index contributed by atoms with van der Waals surface area (Å²) in [6.07, 6.45) is 29.4. The van der Waals surface area contributed by atoms with Gasteiger partial charge < -0.3 is 83.1 Å². The number of nitrogens with zero attached hydrogens (tertiary/aromatic N) is 21. The topological polar surface area (TPSA) is 391 Å². The number of anilines is 8. The molecule has 0 bridgehead atoms. The van der Waals surface area contributed by atoms with Gasteiger partial charge in [0.2, 0.25) is 0 Å². The molecular formula is C105H120N22O14S. The highest BCUT2D eigenvalue weighted by molar-refractivity contribution is 7.90. The number of amides is 1. The molecule has 1 saturated heterocycles. The summed E-state index contributed by atoms with van der Waals surface area (Å²) < 4.78 is 79.3. The molecule has 36 nitrogen and oxygen atoms in total. The highest BCUT2D eigenvalue weighted by Crippen LogP contribution is 2.44. The van der Waals surface area contributed by atoms with Gasteiger partial charge in [0.15, 0.2) is 0 Å². The van der Waals surface area contributed by atoms with Crippen LogP contribution in [-0.4, -0.2) is 242 Å². The Morgan fingerprint density at radius 3 is 1.03 bits per heavy atom. The maximum absolute atomic E-state index is 12.4. The average Bonchev–Trinajstić information content (AvgIpc) is 1.48. The molecule has 740 valence electrons. The van der Waals surface area contributed by atoms with E-state index in [0.717, 1.165) is 173 Å². The third-order valence-corrected chi connectivity index (χ3v) is 25.3. The minimum absolute atomic E-state index is 0.0175. The van der Waals surface area contributed by atoms with Gasteiger partial charge in [-0.05, 0) is 150 Å². The SMILES string of the molecule is COc1cc(OC)cc(N(CC2CC2)c2ccc3ncc(-c4cnn(CC5CCN(C(=O)OC(C)(C)C)CC5)c4)nc3c2)c1.COc1cc(OC)cc(N(CC2CC2)c2ccc3ncc(-c4cnn(CCS(C)(=O)=O)c4)nc3c2)c1.COc1cc(OC)cc(N(CCN)c2ccc3ncc(-c4cnn(C)c4)nc3c2)c1.COc1cc(OC)cc(N(CCO)c2ccc3ncc(-c4cnn(CCO)c4)nc3c2)c1. The van der Waals surface area contributed by atoms with E-state index < -0.39 is 15.4 Å². The van der Waals surface area contributed by atoms with Crippen molar-refractivity contribution in [1.29, 1.82) is 0 Å². The maximum atomic E-state index is 12.4. The fourth-order valence-electron chi connectivity index (χ4n) is 16.5. The lowest BCUT2D eigenvalue weighted by atomic mass is 9.97. The second kappa shape index (κ2) is 45.3. The molecule has 3 fully saturated rings. The zero-order valence-corrected chi connectivity index (χ0v) is 82.9. The standard InChI is InChI=1S/C34H42N6O4.C26H29N5O4S.C23H25N5O4.C22H24N6O2/c1-34(2,3)44-33(41)38-12-10-24(11-13-38)20-39-22-25(18-36-39)32-19-35-30-9-8-26(16-31(30)37-32)40(21-23-6-7-23)27-14-28(42-4)17-29(15-27)43-5;1-34-22-10-21(11-23(13-22)35-2)31(16-18-4-5-18)20-6-7-24-25(12-20)29-26(15-27-24)19-14-28-30(17-19)8-9-36(3,32)33;1-31-19-9-18(10-20(12-19)32-2)28(6-8-30)17-3-4-21-22(11-17)26-23(14-24-21)16-13-25-27(15-16)5-7-29;1-27-14-15(12-25-27)22-13-24-20-5-4-16(10-21(20)26-22)28(7-6-23)17-8-18(29-2)11-19(9-17)30-3/h8-9,14-19,22-24H,6-7,10-13,20-21H2,1-5H3;6-7,10-15,17-18H,4-5,8-9,16H2,1-3H3;3-4,9-15,29-30H,5-8H2,1-2H3;4-5,8-14H,6-7,23H2,1-3H3. The van der Waals surface area contributed by atoms with E-state index in [1.807, 2.05) is 195 Å². The molecule has 1 aliphatic heterocycles. The molecule has 4 N–H and O–H groups in total. The minimum atomic E-state index is -3.06. The summed E-state index contributed by atoms with van der Waals surface area (Å²) in [6, 6.07) is 47.4. The number of hydrogen-bond donors (Lipinski definition) is 3. The average molecular weight is 1950 g/mol. The molecule has 16 aromatic rings. The first kappa shape index (κ1) is 99.7. The number of likely N-dealkylation sites (tertiary alicyclic amines) is 1. The molecule has 37 heteroatoms. The lowest BCUT2D eigenvalue weighted by molar-refractivity contribution is 0.0177. The van der Waals surface area contributed by atoms with E-state index in [4.69, 9.17) is 78.4 Å². The number of ether oxygens (including phenoxy) is 9. The first-order valence-corrected chi connectivity index (χ1v) is 49.0. The smallest absolute Gasteiger partial charge is 0.410 e. The van der Waals surface area contributed by atoms with Gasteiger partial charge in [-0.25, -0.2) is 33.1 Å². The summed E-state index contributed by atoms with van der Waals surface area (Å²) in [6.45, 7) is 11.9. The molecule has 1 amide bonds. The molecule has 0 atom stereocenters. The van der Waals surface area contributed by atoms with Crippen molar-refractivity contribution in [2.24, 2.45) is 30.5 Å². The van der Waals surface area contributed by atoms with Gasteiger partial charge in [-0.15, -0.1) is 0 Å². The van der Waals surface area contributed by atoms with Crippen LogP contribution >= 0.6 is 0 Å². The van der Waals surface area contributed by atoms with Crippen molar-refractivity contribution in [3.05, 3.63) is 220 Å². The molecule has 8 aromatic heterocycles. The number of aliphatic hydroxyl groups is 2. The summed E-state index contributed by atoms with van der Waals surface area (Å²) in [5.74, 6) is 7.52. The third-order valence-electron chi connectivity index (χ3n) is 24.4. The molecule has 19 rings (SSSR count). The van der Waals surface area contributed by atoms with E-state index >= 15 is 0 Å². The number of aliphatic hydroxyl groups excluding tert-OH is 2. The van der Waals surface area contributed by atoms with Crippen LogP contribution < -0.4 is 63.2 Å².